The van der Waals surface area contributed by atoms with E-state index in [0.717, 1.165) is 18.1 Å². The van der Waals surface area contributed by atoms with Crippen LogP contribution in [0.3, 0.4) is 0 Å². The molecule has 5 heteroatoms. The van der Waals surface area contributed by atoms with Gasteiger partial charge in [0.05, 0.1) is 0 Å². The van der Waals surface area contributed by atoms with Crippen molar-refractivity contribution in [1.82, 2.24) is 19.3 Å². The van der Waals surface area contributed by atoms with Crippen molar-refractivity contribution in [2.45, 2.75) is 20.4 Å². The second-order valence-corrected chi connectivity index (χ2v) is 3.16. The van der Waals surface area contributed by atoms with Crippen LogP contribution in [-0.2, 0) is 6.54 Å². The van der Waals surface area contributed by atoms with Crippen molar-refractivity contribution in [3.8, 4) is 5.95 Å². The normalized spacial score (nSPS) is 10.7. The van der Waals surface area contributed by atoms with Crippen molar-refractivity contribution in [1.29, 1.82) is 0 Å². The van der Waals surface area contributed by atoms with E-state index in [2.05, 4.69) is 17.0 Å². The first-order valence-corrected chi connectivity index (χ1v) is 4.55. The predicted molar refractivity (Wildman–Crippen MR) is 54.2 cm³/mol. The molecule has 2 heterocycles. The number of nitrogens with zero attached hydrogens (tertiary/aromatic N) is 4. The lowest BCUT2D eigenvalue weighted by Crippen LogP contribution is -2.05. The second-order valence-electron chi connectivity index (χ2n) is 3.16. The number of imidazole rings is 1. The summed E-state index contributed by atoms with van der Waals surface area (Å²) in [7, 11) is 0. The van der Waals surface area contributed by atoms with E-state index in [4.69, 9.17) is 5.73 Å². The fourth-order valence-electron chi connectivity index (χ4n) is 1.33. The summed E-state index contributed by atoms with van der Waals surface area (Å²) >= 11 is 0. The molecule has 2 aromatic heterocycles. The summed E-state index contributed by atoms with van der Waals surface area (Å²) in [5.41, 5.74) is 6.64. The molecule has 2 N–H and O–H groups in total. The number of aryl methyl sites for hydroxylation is 2. The van der Waals surface area contributed by atoms with Crippen LogP contribution in [0.25, 0.3) is 5.95 Å². The van der Waals surface area contributed by atoms with E-state index >= 15 is 0 Å². The number of nitrogen functional groups attached to an aromatic ring is 1. The highest BCUT2D eigenvalue weighted by Gasteiger charge is 2.07. The quantitative estimate of drug-likeness (QED) is 0.769. The van der Waals surface area contributed by atoms with Crippen molar-refractivity contribution in [3.05, 3.63) is 24.2 Å². The molecule has 2 rings (SSSR count). The van der Waals surface area contributed by atoms with Crippen molar-refractivity contribution in [2.75, 3.05) is 5.73 Å². The molecule has 0 saturated carbocycles. The summed E-state index contributed by atoms with van der Waals surface area (Å²) < 4.78 is 3.71. The SMILES string of the molecule is CCn1ccnc1-n1cc(C)c(N)n1. The molecule has 0 aliphatic heterocycles. The Morgan fingerprint density at radius 3 is 2.86 bits per heavy atom. The molecule has 0 radical (unpaired) electrons. The Morgan fingerprint density at radius 1 is 1.50 bits per heavy atom. The van der Waals surface area contributed by atoms with Gasteiger partial charge in [-0.05, 0) is 13.8 Å². The van der Waals surface area contributed by atoms with Crippen LogP contribution in [0.1, 0.15) is 12.5 Å². The minimum atomic E-state index is 0.552. The molecule has 0 aliphatic carbocycles. The van der Waals surface area contributed by atoms with Crippen LogP contribution in [0.5, 0.6) is 0 Å². The molecule has 0 spiro atoms. The minimum Gasteiger partial charge on any atom is -0.382 e. The molecule has 0 saturated heterocycles. The lowest BCUT2D eigenvalue weighted by Gasteiger charge is -2.02. The van der Waals surface area contributed by atoms with Gasteiger partial charge >= 0.3 is 0 Å². The first-order chi connectivity index (χ1) is 6.72. The van der Waals surface area contributed by atoms with E-state index in [9.17, 15) is 0 Å². The minimum absolute atomic E-state index is 0.552. The number of anilines is 1. The van der Waals surface area contributed by atoms with Crippen LogP contribution in [0, 0.1) is 6.92 Å². The highest BCUT2D eigenvalue weighted by Crippen LogP contribution is 2.11. The third-order valence-corrected chi connectivity index (χ3v) is 2.17. The number of aromatic nitrogens is 4. The summed E-state index contributed by atoms with van der Waals surface area (Å²) in [6, 6.07) is 0. The van der Waals surface area contributed by atoms with Gasteiger partial charge < -0.3 is 10.3 Å². The maximum absolute atomic E-state index is 5.67. The summed E-state index contributed by atoms with van der Waals surface area (Å²) in [5.74, 6) is 1.35. The molecule has 5 nitrogen and oxygen atoms in total. The van der Waals surface area contributed by atoms with E-state index in [0.29, 0.717) is 5.82 Å². The Hall–Kier alpha value is -1.78. The molecule has 14 heavy (non-hydrogen) atoms. The molecule has 0 atom stereocenters. The van der Waals surface area contributed by atoms with Gasteiger partial charge in [0.1, 0.15) is 5.82 Å². The third-order valence-electron chi connectivity index (χ3n) is 2.17. The van der Waals surface area contributed by atoms with Gasteiger partial charge in [0.15, 0.2) is 0 Å². The molecule has 0 unspecified atom stereocenters. The van der Waals surface area contributed by atoms with Gasteiger partial charge in [0.25, 0.3) is 0 Å². The molecule has 0 aromatic carbocycles. The maximum Gasteiger partial charge on any atom is 0.230 e. The van der Waals surface area contributed by atoms with Gasteiger partial charge in [-0.1, -0.05) is 0 Å². The van der Waals surface area contributed by atoms with Crippen LogP contribution < -0.4 is 5.73 Å². The monoisotopic (exact) mass is 191 g/mol. The summed E-state index contributed by atoms with van der Waals surface area (Å²) in [6.45, 7) is 4.86. The Labute approximate surface area is 82.2 Å². The molecule has 0 bridgehead atoms. The van der Waals surface area contributed by atoms with Crippen molar-refractivity contribution >= 4 is 5.82 Å². The summed E-state index contributed by atoms with van der Waals surface area (Å²) in [5, 5.41) is 4.17. The average molecular weight is 191 g/mol. The first kappa shape index (κ1) is 8.80. The number of nitrogens with two attached hydrogens (primary N) is 1. The lowest BCUT2D eigenvalue weighted by atomic mass is 10.4. The number of hydrogen-bond donors (Lipinski definition) is 1. The smallest absolute Gasteiger partial charge is 0.230 e. The van der Waals surface area contributed by atoms with Gasteiger partial charge in [-0.2, -0.15) is 0 Å². The van der Waals surface area contributed by atoms with Crippen LogP contribution in [0.2, 0.25) is 0 Å². The Kier molecular flexibility index (Phi) is 1.99. The van der Waals surface area contributed by atoms with Crippen molar-refractivity contribution in [2.24, 2.45) is 0 Å². The fourth-order valence-corrected chi connectivity index (χ4v) is 1.33. The van der Waals surface area contributed by atoms with E-state index in [1.807, 2.05) is 23.9 Å². The molecule has 0 amide bonds. The van der Waals surface area contributed by atoms with E-state index in [1.165, 1.54) is 0 Å². The van der Waals surface area contributed by atoms with Crippen LogP contribution in [-0.4, -0.2) is 19.3 Å². The van der Waals surface area contributed by atoms with E-state index < -0.39 is 0 Å². The standard InChI is InChI=1S/C9H13N5/c1-3-13-5-4-11-9(13)14-6-7(2)8(10)12-14/h4-6H,3H2,1-2H3,(H2,10,12). The predicted octanol–water partition coefficient (Wildman–Crippen LogP) is 0.979. The average Bonchev–Trinajstić information content (AvgIpc) is 2.73. The van der Waals surface area contributed by atoms with Crippen LogP contribution >= 0.6 is 0 Å². The zero-order valence-electron chi connectivity index (χ0n) is 8.31. The molecule has 2 aromatic rings. The van der Waals surface area contributed by atoms with E-state index in [1.54, 1.807) is 10.9 Å². The zero-order chi connectivity index (χ0) is 10.1. The largest absolute Gasteiger partial charge is 0.382 e. The number of rotatable bonds is 2. The van der Waals surface area contributed by atoms with Crippen LogP contribution in [0.4, 0.5) is 5.82 Å². The Balaban J connectivity index is 2.49. The van der Waals surface area contributed by atoms with Crippen molar-refractivity contribution < 1.29 is 0 Å². The van der Waals surface area contributed by atoms with Crippen LogP contribution in [0.15, 0.2) is 18.6 Å². The molecule has 0 fully saturated rings. The summed E-state index contributed by atoms with van der Waals surface area (Å²) in [6.07, 6.45) is 5.55. The zero-order valence-corrected chi connectivity index (χ0v) is 8.31. The van der Waals surface area contributed by atoms with Crippen molar-refractivity contribution in [3.63, 3.8) is 0 Å². The highest BCUT2D eigenvalue weighted by atomic mass is 15.4. The third kappa shape index (κ3) is 1.26. The Morgan fingerprint density at radius 2 is 2.29 bits per heavy atom. The first-order valence-electron chi connectivity index (χ1n) is 4.55. The topological polar surface area (TPSA) is 61.7 Å². The number of hydrogen-bond acceptors (Lipinski definition) is 3. The maximum atomic E-state index is 5.67. The Bertz CT molecular complexity index is 420. The fraction of sp³-hybridized carbons (Fsp3) is 0.333. The van der Waals surface area contributed by atoms with Gasteiger partial charge in [0, 0.05) is 30.7 Å². The molecule has 0 aliphatic rings. The molecular formula is C9H13N5. The van der Waals surface area contributed by atoms with Gasteiger partial charge in [0.2, 0.25) is 5.95 Å². The van der Waals surface area contributed by atoms with Gasteiger partial charge in [-0.15, -0.1) is 5.10 Å². The van der Waals surface area contributed by atoms with E-state index in [-0.39, 0.29) is 0 Å². The second kappa shape index (κ2) is 3.17. The van der Waals surface area contributed by atoms with Gasteiger partial charge in [-0.3, -0.25) is 0 Å². The lowest BCUT2D eigenvalue weighted by molar-refractivity contribution is 0.687. The molecular weight excluding hydrogens is 178 g/mol. The van der Waals surface area contributed by atoms with Gasteiger partial charge in [-0.25, -0.2) is 9.67 Å². The summed E-state index contributed by atoms with van der Waals surface area (Å²) in [4.78, 5) is 4.22. The highest BCUT2D eigenvalue weighted by molar-refractivity contribution is 5.37. The molecule has 74 valence electrons.